The molecule has 0 aromatic rings. The Labute approximate surface area is 287 Å². The molecule has 0 spiro atoms. The fourth-order valence-corrected chi connectivity index (χ4v) is 6.39. The van der Waals surface area contributed by atoms with E-state index in [0.29, 0.717) is 19.3 Å². The minimum atomic E-state index is -1.53. The highest BCUT2D eigenvalue weighted by atomic mass is 16.1. The number of ketones is 2. The number of hydrogen-bond acceptors (Lipinski definition) is 4. The summed E-state index contributed by atoms with van der Waals surface area (Å²) in [6.45, 7) is 6.64. The maximum atomic E-state index is 13.2. The first-order valence-corrected chi connectivity index (χ1v) is 20.3. The summed E-state index contributed by atoms with van der Waals surface area (Å²) in [6, 6.07) is 0. The van der Waals surface area contributed by atoms with Crippen molar-refractivity contribution in [2.24, 2.45) is 17.4 Å². The van der Waals surface area contributed by atoms with E-state index in [9.17, 15) is 9.59 Å². The molecule has 0 bridgehead atoms. The molecule has 0 aliphatic carbocycles. The van der Waals surface area contributed by atoms with Gasteiger partial charge in [0.1, 0.15) is 11.4 Å². The highest BCUT2D eigenvalue weighted by molar-refractivity contribution is 5.95. The Morgan fingerprint density at radius 3 is 1.17 bits per heavy atom. The Morgan fingerprint density at radius 2 is 0.783 bits per heavy atom. The van der Waals surface area contributed by atoms with Gasteiger partial charge in [0.2, 0.25) is 0 Å². The topological polar surface area (TPSA) is 86.2 Å². The highest BCUT2D eigenvalue weighted by Gasteiger charge is 2.40. The van der Waals surface area contributed by atoms with E-state index in [1.807, 2.05) is 0 Å². The molecule has 0 heterocycles. The predicted molar refractivity (Wildman–Crippen MR) is 203 cm³/mol. The Kier molecular flexibility index (Phi) is 32.7. The molecule has 0 rings (SSSR count). The van der Waals surface area contributed by atoms with Crippen LogP contribution in [0.2, 0.25) is 0 Å². The predicted octanol–water partition coefficient (Wildman–Crippen LogP) is 12.6. The summed E-state index contributed by atoms with van der Waals surface area (Å²) < 4.78 is 0. The van der Waals surface area contributed by atoms with Crippen LogP contribution in [0.3, 0.4) is 0 Å². The van der Waals surface area contributed by atoms with E-state index in [2.05, 4.69) is 45.1 Å². The van der Waals surface area contributed by atoms with Crippen LogP contribution in [-0.2, 0) is 9.59 Å². The Hall–Kier alpha value is -1.26. The molecule has 0 radical (unpaired) electrons. The number of carbonyl (C=O) groups excluding carboxylic acids is 2. The lowest BCUT2D eigenvalue weighted by molar-refractivity contribution is -0.134. The Bertz CT molecular complexity index is 742. The van der Waals surface area contributed by atoms with Crippen LogP contribution in [0.1, 0.15) is 220 Å². The summed E-state index contributed by atoms with van der Waals surface area (Å²) in [4.78, 5) is 26.3. The summed E-state index contributed by atoms with van der Waals surface area (Å²) >= 11 is 0. The molecule has 270 valence electrons. The molecule has 4 nitrogen and oxygen atoms in total. The van der Waals surface area contributed by atoms with Crippen LogP contribution < -0.4 is 11.5 Å². The van der Waals surface area contributed by atoms with E-state index in [0.717, 1.165) is 64.2 Å². The Balaban J connectivity index is 4.10. The molecule has 0 saturated carbocycles. The third-order valence-corrected chi connectivity index (χ3v) is 9.65. The second kappa shape index (κ2) is 33.6. The minimum Gasteiger partial charge on any atom is -0.307 e. The lowest BCUT2D eigenvalue weighted by Crippen LogP contribution is -2.63. The van der Waals surface area contributed by atoms with Gasteiger partial charge in [-0.3, -0.25) is 9.59 Å². The number of unbranched alkanes of at least 4 members (excludes halogenated alkanes) is 23. The van der Waals surface area contributed by atoms with Crippen LogP contribution in [0, 0.1) is 5.92 Å². The van der Waals surface area contributed by atoms with Gasteiger partial charge in [0.05, 0.1) is 5.92 Å². The van der Waals surface area contributed by atoms with Crippen molar-refractivity contribution in [2.75, 3.05) is 0 Å². The van der Waals surface area contributed by atoms with Crippen LogP contribution in [0.5, 0.6) is 0 Å². The molecule has 0 aromatic heterocycles. The van der Waals surface area contributed by atoms with Crippen LogP contribution in [0.25, 0.3) is 0 Å². The molecule has 46 heavy (non-hydrogen) atoms. The van der Waals surface area contributed by atoms with Crippen molar-refractivity contribution in [1.82, 2.24) is 0 Å². The highest BCUT2D eigenvalue weighted by Crippen LogP contribution is 2.24. The summed E-state index contributed by atoms with van der Waals surface area (Å²) in [5, 5.41) is 0. The van der Waals surface area contributed by atoms with Crippen molar-refractivity contribution in [3.05, 3.63) is 24.3 Å². The van der Waals surface area contributed by atoms with E-state index in [1.54, 1.807) is 0 Å². The number of hydrogen-bond donors (Lipinski definition) is 2. The van der Waals surface area contributed by atoms with Gasteiger partial charge < -0.3 is 11.5 Å². The fourth-order valence-electron chi connectivity index (χ4n) is 6.39. The number of allylic oxidation sites excluding steroid dienone is 4. The second-order valence-corrected chi connectivity index (χ2v) is 14.2. The van der Waals surface area contributed by atoms with Crippen molar-refractivity contribution in [2.45, 2.75) is 225 Å². The zero-order chi connectivity index (χ0) is 34.0. The van der Waals surface area contributed by atoms with Crippen LogP contribution in [0.15, 0.2) is 24.3 Å². The van der Waals surface area contributed by atoms with Gasteiger partial charge in [-0.05, 0) is 70.6 Å². The van der Waals surface area contributed by atoms with Crippen LogP contribution >= 0.6 is 0 Å². The van der Waals surface area contributed by atoms with E-state index in [1.165, 1.54) is 116 Å². The monoisotopic (exact) mass is 645 g/mol. The Morgan fingerprint density at radius 1 is 0.457 bits per heavy atom. The lowest BCUT2D eigenvalue weighted by Gasteiger charge is -2.32. The zero-order valence-corrected chi connectivity index (χ0v) is 31.3. The number of rotatable bonds is 36. The zero-order valence-electron chi connectivity index (χ0n) is 31.3. The largest absolute Gasteiger partial charge is 0.307 e. The van der Waals surface area contributed by atoms with Crippen molar-refractivity contribution < 1.29 is 9.59 Å². The third-order valence-electron chi connectivity index (χ3n) is 9.65. The summed E-state index contributed by atoms with van der Waals surface area (Å²) in [5.74, 6) is -0.599. The van der Waals surface area contributed by atoms with Gasteiger partial charge in [-0.15, -0.1) is 0 Å². The molecule has 4 heteroatoms. The molecule has 1 atom stereocenters. The van der Waals surface area contributed by atoms with E-state index < -0.39 is 11.6 Å². The molecule has 0 aromatic carbocycles. The first-order chi connectivity index (χ1) is 22.4. The first-order valence-electron chi connectivity index (χ1n) is 20.3. The fraction of sp³-hybridized carbons (Fsp3) is 0.857. The molecule has 0 fully saturated rings. The number of carbonyl (C=O) groups is 2. The van der Waals surface area contributed by atoms with E-state index in [-0.39, 0.29) is 11.6 Å². The molecule has 0 aliphatic rings. The van der Waals surface area contributed by atoms with Crippen LogP contribution in [0.4, 0.5) is 0 Å². The second-order valence-electron chi connectivity index (χ2n) is 14.2. The van der Waals surface area contributed by atoms with Gasteiger partial charge in [0.25, 0.3) is 0 Å². The standard InChI is InChI=1S/C42H80N2O2/c1-4-7-10-12-14-16-18-20-22-24-26-28-30-32-34-37-40(45)39(36-9-6-3)42(43,44)41(46)38-35-33-31-29-27-25-23-21-19-17-15-13-11-8-5-2/h20-23,39H,4-19,24-38,43-44H2,1-3H3/b22-20-,23-21-. The molecular formula is C42H80N2O2. The van der Waals surface area contributed by atoms with Gasteiger partial charge in [0, 0.05) is 12.8 Å². The summed E-state index contributed by atoms with van der Waals surface area (Å²) in [5.41, 5.74) is 11.4. The molecule has 0 aliphatic heterocycles. The maximum absolute atomic E-state index is 13.2. The van der Waals surface area contributed by atoms with Gasteiger partial charge in [-0.25, -0.2) is 0 Å². The van der Waals surface area contributed by atoms with Crippen LogP contribution in [-0.4, -0.2) is 17.2 Å². The van der Waals surface area contributed by atoms with Crippen molar-refractivity contribution >= 4 is 11.6 Å². The molecule has 0 saturated heterocycles. The molecule has 1 unspecified atom stereocenters. The van der Waals surface area contributed by atoms with Gasteiger partial charge >= 0.3 is 0 Å². The minimum absolute atomic E-state index is 0.0916. The number of Topliss-reactive ketones (excluding diaryl/α,β-unsaturated/α-hetero) is 2. The average molecular weight is 645 g/mol. The molecule has 4 N–H and O–H groups in total. The SMILES string of the molecule is CCCCCCCC/C=C\CCCCCCCC(=O)C(CCCC)C(N)(N)C(=O)CCCCCCC/C=C\CCCCCCCC. The van der Waals surface area contributed by atoms with E-state index in [4.69, 9.17) is 11.5 Å². The van der Waals surface area contributed by atoms with E-state index >= 15 is 0 Å². The summed E-state index contributed by atoms with van der Waals surface area (Å²) in [6.07, 6.45) is 44.7. The normalized spacial score (nSPS) is 12.9. The summed E-state index contributed by atoms with van der Waals surface area (Å²) in [7, 11) is 0. The average Bonchev–Trinajstić information content (AvgIpc) is 3.04. The maximum Gasteiger partial charge on any atom is 0.167 e. The van der Waals surface area contributed by atoms with Gasteiger partial charge in [-0.1, -0.05) is 161 Å². The third kappa shape index (κ3) is 26.8. The quantitative estimate of drug-likeness (QED) is 0.0403. The lowest BCUT2D eigenvalue weighted by atomic mass is 9.80. The van der Waals surface area contributed by atoms with Crippen molar-refractivity contribution in [1.29, 1.82) is 0 Å². The number of nitrogens with two attached hydrogens (primary N) is 2. The first kappa shape index (κ1) is 44.7. The smallest absolute Gasteiger partial charge is 0.167 e. The molecular weight excluding hydrogens is 564 g/mol. The van der Waals surface area contributed by atoms with Gasteiger partial charge in [0.15, 0.2) is 5.78 Å². The molecule has 0 amide bonds. The van der Waals surface area contributed by atoms with Gasteiger partial charge in [-0.2, -0.15) is 0 Å². The van der Waals surface area contributed by atoms with Crippen molar-refractivity contribution in [3.8, 4) is 0 Å². The van der Waals surface area contributed by atoms with Crippen molar-refractivity contribution in [3.63, 3.8) is 0 Å².